The standard InChI is InChI=1S/C26H46O2Si/c1-10-11-12-20-23-21-15-26(8,9)14-19(21)13-22(27)24(23)25(20)28-29(16(2)3,17(4)5)18(6)7/h16-19,21,23-24H,10-15H2,1-9H3/t19-,21-,23-,24+/m0/s1. The third-order valence-corrected chi connectivity index (χ3v) is 14.6. The van der Waals surface area contributed by atoms with Gasteiger partial charge in [-0.3, -0.25) is 4.79 Å². The minimum Gasteiger partial charge on any atom is -0.545 e. The number of Topliss-reactive ketones (excluding diaryl/α,β-unsaturated/α-hetero) is 1. The first-order valence-corrected chi connectivity index (χ1v) is 14.5. The van der Waals surface area contributed by atoms with Crippen molar-refractivity contribution in [1.29, 1.82) is 0 Å². The van der Waals surface area contributed by atoms with Crippen molar-refractivity contribution in [3.05, 3.63) is 11.3 Å². The van der Waals surface area contributed by atoms with Crippen LogP contribution in [0.25, 0.3) is 0 Å². The number of carbonyl (C=O) groups excluding carboxylic acids is 1. The van der Waals surface area contributed by atoms with E-state index in [-0.39, 0.29) is 5.92 Å². The number of fused-ring (bicyclic) bond motifs is 3. The number of allylic oxidation sites excluding steroid dienone is 2. The third kappa shape index (κ3) is 3.79. The van der Waals surface area contributed by atoms with Gasteiger partial charge in [0.2, 0.25) is 0 Å². The molecule has 0 aromatic carbocycles. The third-order valence-electron chi connectivity index (χ3n) is 8.63. The Balaban J connectivity index is 2.01. The number of ketones is 1. The van der Waals surface area contributed by atoms with Crippen LogP contribution in [-0.2, 0) is 9.22 Å². The van der Waals surface area contributed by atoms with Gasteiger partial charge in [-0.25, -0.2) is 0 Å². The van der Waals surface area contributed by atoms with Crippen LogP contribution in [0.15, 0.2) is 11.3 Å². The highest BCUT2D eigenvalue weighted by Gasteiger charge is 2.60. The molecule has 0 aliphatic heterocycles. The SMILES string of the molecule is CCCCC1=C(O[Si](C(C)C)(C(C)C)C(C)C)[C@@H]2C(=O)C[C@H]3CC(C)(C)C[C@@H]3[C@H]12. The summed E-state index contributed by atoms with van der Waals surface area (Å²) in [6.07, 6.45) is 6.89. The molecule has 2 nitrogen and oxygen atoms in total. The van der Waals surface area contributed by atoms with Gasteiger partial charge in [-0.15, -0.1) is 0 Å². The van der Waals surface area contributed by atoms with Gasteiger partial charge in [-0.2, -0.15) is 0 Å². The van der Waals surface area contributed by atoms with Crippen molar-refractivity contribution in [3.8, 4) is 0 Å². The Morgan fingerprint density at radius 1 is 1.03 bits per heavy atom. The lowest BCUT2D eigenvalue weighted by molar-refractivity contribution is -0.131. The number of unbranched alkanes of at least 4 members (excludes halogenated alkanes) is 1. The molecular formula is C26H46O2Si. The zero-order valence-electron chi connectivity index (χ0n) is 20.6. The topological polar surface area (TPSA) is 26.3 Å². The molecule has 0 amide bonds. The highest BCUT2D eigenvalue weighted by Crippen LogP contribution is 2.63. The maximum atomic E-state index is 13.3. The molecular weight excluding hydrogens is 372 g/mol. The van der Waals surface area contributed by atoms with Gasteiger partial charge in [-0.1, -0.05) is 68.7 Å². The molecule has 0 spiro atoms. The molecule has 3 heteroatoms. The molecule has 0 bridgehead atoms. The first-order valence-electron chi connectivity index (χ1n) is 12.4. The molecule has 0 heterocycles. The van der Waals surface area contributed by atoms with Gasteiger partial charge in [-0.05, 0) is 65.1 Å². The molecule has 3 aliphatic rings. The Morgan fingerprint density at radius 2 is 1.62 bits per heavy atom. The fourth-order valence-electron chi connectivity index (χ4n) is 7.59. The highest BCUT2D eigenvalue weighted by atomic mass is 28.4. The molecule has 4 atom stereocenters. The van der Waals surface area contributed by atoms with Crippen LogP contribution in [0.1, 0.15) is 101 Å². The van der Waals surface area contributed by atoms with Crippen molar-refractivity contribution >= 4 is 14.1 Å². The first kappa shape index (κ1) is 23.1. The minimum absolute atomic E-state index is 0.0835. The van der Waals surface area contributed by atoms with E-state index >= 15 is 0 Å². The van der Waals surface area contributed by atoms with Crippen LogP contribution in [0.4, 0.5) is 0 Å². The van der Waals surface area contributed by atoms with Crippen molar-refractivity contribution in [2.45, 2.75) is 117 Å². The largest absolute Gasteiger partial charge is 0.545 e. The molecule has 0 aromatic rings. The van der Waals surface area contributed by atoms with Crippen LogP contribution < -0.4 is 0 Å². The molecule has 0 aromatic heterocycles. The second-order valence-corrected chi connectivity index (χ2v) is 17.5. The van der Waals surface area contributed by atoms with E-state index in [1.54, 1.807) is 5.57 Å². The Hall–Kier alpha value is -0.573. The average molecular weight is 419 g/mol. The first-order chi connectivity index (χ1) is 13.5. The predicted molar refractivity (Wildman–Crippen MR) is 125 cm³/mol. The van der Waals surface area contributed by atoms with E-state index in [9.17, 15) is 4.79 Å². The molecule has 0 saturated heterocycles. The zero-order valence-corrected chi connectivity index (χ0v) is 21.6. The van der Waals surface area contributed by atoms with Crippen LogP contribution in [0, 0.1) is 29.1 Å². The predicted octanol–water partition coefficient (Wildman–Crippen LogP) is 7.89. The Bertz CT molecular complexity index is 636. The lowest BCUT2D eigenvalue weighted by Crippen LogP contribution is -2.54. The number of hydrogen-bond donors (Lipinski definition) is 0. The van der Waals surface area contributed by atoms with Gasteiger partial charge in [0, 0.05) is 12.3 Å². The van der Waals surface area contributed by atoms with Crippen LogP contribution in [0.2, 0.25) is 16.6 Å². The van der Waals surface area contributed by atoms with Crippen LogP contribution >= 0.6 is 0 Å². The van der Waals surface area contributed by atoms with Crippen LogP contribution in [-0.4, -0.2) is 14.1 Å². The van der Waals surface area contributed by atoms with Crippen molar-refractivity contribution in [3.63, 3.8) is 0 Å². The maximum Gasteiger partial charge on any atom is 0.258 e. The maximum absolute atomic E-state index is 13.3. The molecule has 3 rings (SSSR count). The molecule has 2 saturated carbocycles. The van der Waals surface area contributed by atoms with Gasteiger partial charge in [0.25, 0.3) is 8.32 Å². The summed E-state index contributed by atoms with van der Waals surface area (Å²) in [4.78, 5) is 13.3. The quantitative estimate of drug-likeness (QED) is 0.374. The molecule has 2 fully saturated rings. The molecule has 0 N–H and O–H groups in total. The number of carbonyl (C=O) groups is 1. The Kier molecular flexibility index (Phi) is 6.51. The lowest BCUT2D eigenvalue weighted by atomic mass is 9.56. The molecule has 3 aliphatic carbocycles. The van der Waals surface area contributed by atoms with E-state index < -0.39 is 8.32 Å². The minimum atomic E-state index is -2.02. The fraction of sp³-hybridized carbons (Fsp3) is 0.885. The molecule has 166 valence electrons. The Labute approximate surface area is 181 Å². The van der Waals surface area contributed by atoms with E-state index in [0.29, 0.717) is 45.6 Å². The van der Waals surface area contributed by atoms with Crippen molar-refractivity contribution in [2.75, 3.05) is 0 Å². The van der Waals surface area contributed by atoms with Gasteiger partial charge in [0.05, 0.1) is 11.7 Å². The van der Waals surface area contributed by atoms with Crippen molar-refractivity contribution in [1.82, 2.24) is 0 Å². The zero-order chi connectivity index (χ0) is 21.7. The van der Waals surface area contributed by atoms with Crippen LogP contribution in [0.5, 0.6) is 0 Å². The summed E-state index contributed by atoms with van der Waals surface area (Å²) in [6.45, 7) is 21.2. The van der Waals surface area contributed by atoms with E-state index in [1.807, 2.05) is 0 Å². The molecule has 0 radical (unpaired) electrons. The van der Waals surface area contributed by atoms with Crippen molar-refractivity contribution < 1.29 is 9.22 Å². The normalized spacial score (nSPS) is 31.4. The van der Waals surface area contributed by atoms with Crippen LogP contribution in [0.3, 0.4) is 0 Å². The summed E-state index contributed by atoms with van der Waals surface area (Å²) in [5.41, 5.74) is 3.61. The summed E-state index contributed by atoms with van der Waals surface area (Å²) in [7, 11) is -2.02. The van der Waals surface area contributed by atoms with Crippen molar-refractivity contribution in [2.24, 2.45) is 29.1 Å². The summed E-state index contributed by atoms with van der Waals surface area (Å²) >= 11 is 0. The number of hydrogen-bond acceptors (Lipinski definition) is 2. The lowest BCUT2D eigenvalue weighted by Gasteiger charge is -2.53. The average Bonchev–Trinajstić information content (AvgIpc) is 2.87. The van der Waals surface area contributed by atoms with E-state index in [0.717, 1.165) is 12.8 Å². The monoisotopic (exact) mass is 418 g/mol. The van der Waals surface area contributed by atoms with Gasteiger partial charge < -0.3 is 4.43 Å². The second kappa shape index (κ2) is 8.17. The number of rotatable bonds is 8. The Morgan fingerprint density at radius 3 is 2.14 bits per heavy atom. The molecule has 0 unspecified atom stereocenters. The summed E-state index contributed by atoms with van der Waals surface area (Å²) < 4.78 is 7.21. The summed E-state index contributed by atoms with van der Waals surface area (Å²) in [6, 6.07) is 0. The van der Waals surface area contributed by atoms with Gasteiger partial charge in [0.1, 0.15) is 5.78 Å². The van der Waals surface area contributed by atoms with Gasteiger partial charge in [0.15, 0.2) is 0 Å². The highest BCUT2D eigenvalue weighted by molar-refractivity contribution is 6.77. The summed E-state index contributed by atoms with van der Waals surface area (Å²) in [5, 5.41) is 0. The summed E-state index contributed by atoms with van der Waals surface area (Å²) in [5.74, 6) is 3.55. The smallest absolute Gasteiger partial charge is 0.258 e. The van der Waals surface area contributed by atoms with Gasteiger partial charge >= 0.3 is 0 Å². The van der Waals surface area contributed by atoms with E-state index in [1.165, 1.54) is 31.4 Å². The molecule has 29 heavy (non-hydrogen) atoms. The fourth-order valence-corrected chi connectivity index (χ4v) is 12.9. The van der Waals surface area contributed by atoms with E-state index in [2.05, 4.69) is 62.3 Å². The van der Waals surface area contributed by atoms with E-state index in [4.69, 9.17) is 4.43 Å². The second-order valence-electron chi connectivity index (χ2n) is 12.1.